The van der Waals surface area contributed by atoms with Gasteiger partial charge in [0.15, 0.2) is 0 Å². The maximum atomic E-state index is 12.2. The number of methoxy groups -OCH3 is 1. The van der Waals surface area contributed by atoms with Crippen molar-refractivity contribution in [1.82, 2.24) is 5.32 Å². The number of ether oxygens (including phenoxy) is 2. The fourth-order valence-corrected chi connectivity index (χ4v) is 2.87. The number of nitrogens with zero attached hydrogens (tertiary/aromatic N) is 1. The fourth-order valence-electron chi connectivity index (χ4n) is 2.87. The van der Waals surface area contributed by atoms with E-state index in [1.807, 2.05) is 62.4 Å². The van der Waals surface area contributed by atoms with Crippen LogP contribution < -0.4 is 14.8 Å². The van der Waals surface area contributed by atoms with Gasteiger partial charge in [-0.25, -0.2) is 4.99 Å². The third-order valence-corrected chi connectivity index (χ3v) is 4.12. The number of hydrogen-bond donors (Lipinski definition) is 1. The number of amidine groups is 1. The molecule has 1 heterocycles. The summed E-state index contributed by atoms with van der Waals surface area (Å²) in [7, 11) is 1.66. The summed E-state index contributed by atoms with van der Waals surface area (Å²) < 4.78 is 11.0. The van der Waals surface area contributed by atoms with Crippen molar-refractivity contribution in [2.24, 2.45) is 4.99 Å². The normalized spacial score (nSPS) is 15.0. The van der Waals surface area contributed by atoms with Crippen LogP contribution in [0.5, 0.6) is 11.5 Å². The minimum atomic E-state index is -0.174. The van der Waals surface area contributed by atoms with Crippen molar-refractivity contribution in [2.45, 2.75) is 32.8 Å². The number of nitrogens with one attached hydrogen (secondary N) is 1. The molecule has 5 heteroatoms. The second-order valence-electron chi connectivity index (χ2n) is 6.59. The number of aryl methyl sites for hydroxylation is 1. The first-order valence-electron chi connectivity index (χ1n) is 9.04. The first-order valence-corrected chi connectivity index (χ1v) is 9.04. The minimum absolute atomic E-state index is 0.130. The quantitative estimate of drug-likeness (QED) is 0.756. The van der Waals surface area contributed by atoms with E-state index in [0.717, 1.165) is 29.0 Å². The highest BCUT2D eigenvalue weighted by molar-refractivity contribution is 6.14. The lowest BCUT2D eigenvalue weighted by Crippen LogP contribution is -2.24. The number of aliphatic imine (C=N–C) groups is 1. The molecule has 0 spiro atoms. The van der Waals surface area contributed by atoms with E-state index in [1.165, 1.54) is 0 Å². The lowest BCUT2D eigenvalue weighted by molar-refractivity contribution is -0.115. The molecule has 0 fully saturated rings. The lowest BCUT2D eigenvalue weighted by Gasteiger charge is -2.09. The maximum Gasteiger partial charge on any atom is 0.275 e. The Kier molecular flexibility index (Phi) is 5.91. The van der Waals surface area contributed by atoms with E-state index in [0.29, 0.717) is 18.0 Å². The maximum absolute atomic E-state index is 12.2. The molecule has 2 aromatic rings. The van der Waals surface area contributed by atoms with Gasteiger partial charge in [-0.3, -0.25) is 4.79 Å². The van der Waals surface area contributed by atoms with Gasteiger partial charge in [0.05, 0.1) is 13.2 Å². The molecule has 0 saturated carbocycles. The van der Waals surface area contributed by atoms with Gasteiger partial charge in [0.1, 0.15) is 23.0 Å². The largest absolute Gasteiger partial charge is 0.496 e. The Bertz CT molecular complexity index is 867. The van der Waals surface area contributed by atoms with Gasteiger partial charge in [-0.15, -0.1) is 0 Å². The summed E-state index contributed by atoms with van der Waals surface area (Å²) in [4.78, 5) is 16.6. The molecule has 2 aromatic carbocycles. The summed E-state index contributed by atoms with van der Waals surface area (Å²) in [5.41, 5.74) is 2.42. The van der Waals surface area contributed by atoms with Gasteiger partial charge < -0.3 is 14.8 Å². The molecule has 0 radical (unpaired) electrons. The number of amides is 1. The van der Waals surface area contributed by atoms with Crippen molar-refractivity contribution >= 4 is 17.8 Å². The van der Waals surface area contributed by atoms with Crippen molar-refractivity contribution in [3.63, 3.8) is 0 Å². The standard InChI is InChI=1S/C22H24N2O3/c1-15(2)27-18-11-8-16(9-12-18)14-19-22(25)24-21(23-19)13-10-17-6-4-5-7-20(17)26-3/h4-9,11-12,14-15H,10,13H2,1-3H3,(H,23,24,25)/b19-14+. The molecule has 0 aliphatic carbocycles. The Morgan fingerprint density at radius 3 is 2.52 bits per heavy atom. The highest BCUT2D eigenvalue weighted by Gasteiger charge is 2.20. The molecule has 0 unspecified atom stereocenters. The van der Waals surface area contributed by atoms with Crippen LogP contribution in [0.15, 0.2) is 59.2 Å². The summed E-state index contributed by atoms with van der Waals surface area (Å²) in [6.07, 6.45) is 3.30. The first-order chi connectivity index (χ1) is 13.0. The summed E-state index contributed by atoms with van der Waals surface area (Å²) in [6, 6.07) is 15.5. The Balaban J connectivity index is 1.67. The van der Waals surface area contributed by atoms with Crippen LogP contribution in [0.2, 0.25) is 0 Å². The summed E-state index contributed by atoms with van der Waals surface area (Å²) in [5.74, 6) is 2.16. The molecule has 5 nitrogen and oxygen atoms in total. The predicted molar refractivity (Wildman–Crippen MR) is 107 cm³/mol. The number of benzene rings is 2. The molecule has 0 atom stereocenters. The minimum Gasteiger partial charge on any atom is -0.496 e. The van der Waals surface area contributed by atoms with E-state index in [1.54, 1.807) is 13.2 Å². The van der Waals surface area contributed by atoms with Gasteiger partial charge in [0.2, 0.25) is 0 Å². The molecule has 0 saturated heterocycles. The zero-order chi connectivity index (χ0) is 19.2. The van der Waals surface area contributed by atoms with Gasteiger partial charge in [-0.05, 0) is 55.7 Å². The van der Waals surface area contributed by atoms with Crippen molar-refractivity contribution < 1.29 is 14.3 Å². The third kappa shape index (κ3) is 4.97. The predicted octanol–water partition coefficient (Wildman–Crippen LogP) is 3.98. The average Bonchev–Trinajstić information content (AvgIpc) is 3.01. The zero-order valence-corrected chi connectivity index (χ0v) is 15.9. The highest BCUT2D eigenvalue weighted by atomic mass is 16.5. The van der Waals surface area contributed by atoms with E-state index in [2.05, 4.69) is 10.3 Å². The van der Waals surface area contributed by atoms with Crippen molar-refractivity contribution in [3.8, 4) is 11.5 Å². The molecule has 1 aliphatic heterocycles. The van der Waals surface area contributed by atoms with E-state index >= 15 is 0 Å². The topological polar surface area (TPSA) is 59.9 Å². The SMILES string of the molecule is COc1ccccc1CCC1=N/C(=C/c2ccc(OC(C)C)cc2)C(=O)N1. The molecule has 140 valence electrons. The van der Waals surface area contributed by atoms with Crippen LogP contribution in [0.4, 0.5) is 0 Å². The monoisotopic (exact) mass is 364 g/mol. The number of carbonyl (C=O) groups excluding carboxylic acids is 1. The second kappa shape index (κ2) is 8.54. The van der Waals surface area contributed by atoms with Gasteiger partial charge >= 0.3 is 0 Å². The summed E-state index contributed by atoms with van der Waals surface area (Å²) in [6.45, 7) is 3.97. The van der Waals surface area contributed by atoms with Crippen LogP contribution in [0, 0.1) is 0 Å². The summed E-state index contributed by atoms with van der Waals surface area (Å²) >= 11 is 0. The van der Waals surface area contributed by atoms with Crippen molar-refractivity contribution in [2.75, 3.05) is 7.11 Å². The Labute approximate surface area is 159 Å². The molecular weight excluding hydrogens is 340 g/mol. The molecule has 3 rings (SSSR count). The molecule has 1 N–H and O–H groups in total. The van der Waals surface area contributed by atoms with Gasteiger partial charge in [0.25, 0.3) is 5.91 Å². The molecule has 0 aromatic heterocycles. The van der Waals surface area contributed by atoms with Crippen LogP contribution in [-0.4, -0.2) is 25.0 Å². The van der Waals surface area contributed by atoms with Gasteiger partial charge in [-0.1, -0.05) is 30.3 Å². The van der Waals surface area contributed by atoms with Crippen LogP contribution in [0.1, 0.15) is 31.4 Å². The van der Waals surface area contributed by atoms with Crippen molar-refractivity contribution in [1.29, 1.82) is 0 Å². The van der Waals surface area contributed by atoms with Crippen LogP contribution >= 0.6 is 0 Å². The van der Waals surface area contributed by atoms with Gasteiger partial charge in [0, 0.05) is 6.42 Å². The molecule has 1 aliphatic rings. The smallest absolute Gasteiger partial charge is 0.275 e. The molecule has 27 heavy (non-hydrogen) atoms. The third-order valence-electron chi connectivity index (χ3n) is 4.12. The van der Waals surface area contributed by atoms with Crippen LogP contribution in [-0.2, 0) is 11.2 Å². The average molecular weight is 364 g/mol. The number of para-hydroxylation sites is 1. The number of hydrogen-bond acceptors (Lipinski definition) is 4. The highest BCUT2D eigenvalue weighted by Crippen LogP contribution is 2.21. The zero-order valence-electron chi connectivity index (χ0n) is 15.9. The Morgan fingerprint density at radius 2 is 1.81 bits per heavy atom. The van der Waals surface area contributed by atoms with E-state index in [9.17, 15) is 4.79 Å². The van der Waals surface area contributed by atoms with Crippen LogP contribution in [0.25, 0.3) is 6.08 Å². The first kappa shape index (κ1) is 18.7. The van der Waals surface area contributed by atoms with Gasteiger partial charge in [-0.2, -0.15) is 0 Å². The fraction of sp³-hybridized carbons (Fsp3) is 0.273. The van der Waals surface area contributed by atoms with Crippen molar-refractivity contribution in [3.05, 3.63) is 65.4 Å². The molecule has 0 bridgehead atoms. The summed E-state index contributed by atoms with van der Waals surface area (Å²) in [5, 5.41) is 2.85. The van der Waals surface area contributed by atoms with E-state index < -0.39 is 0 Å². The molecular formula is C22H24N2O3. The number of rotatable bonds is 7. The van der Waals surface area contributed by atoms with E-state index in [4.69, 9.17) is 9.47 Å². The Morgan fingerprint density at radius 1 is 1.07 bits per heavy atom. The van der Waals surface area contributed by atoms with Crippen LogP contribution in [0.3, 0.4) is 0 Å². The van der Waals surface area contributed by atoms with E-state index in [-0.39, 0.29) is 12.0 Å². The Hall–Kier alpha value is -3.08. The lowest BCUT2D eigenvalue weighted by atomic mass is 10.1. The second-order valence-corrected chi connectivity index (χ2v) is 6.59. The number of carbonyl (C=O) groups is 1. The molecule has 1 amide bonds.